The van der Waals surface area contributed by atoms with Crippen LogP contribution in [0, 0.1) is 10.1 Å². The van der Waals surface area contributed by atoms with Crippen molar-refractivity contribution in [3.8, 4) is 0 Å². The summed E-state index contributed by atoms with van der Waals surface area (Å²) in [4.78, 5) is 13.9. The lowest BCUT2D eigenvalue weighted by Crippen LogP contribution is -2.30. The average Bonchev–Trinajstić information content (AvgIpc) is 3.06. The maximum atomic E-state index is 14.5. The van der Waals surface area contributed by atoms with Crippen molar-refractivity contribution in [1.29, 1.82) is 0 Å². The van der Waals surface area contributed by atoms with Crippen LogP contribution < -0.4 is 5.50 Å². The number of alkyl halides is 3. The number of rotatable bonds is 12. The van der Waals surface area contributed by atoms with Crippen LogP contribution in [0.1, 0.15) is 5.69 Å². The molecule has 14 heteroatoms. The van der Waals surface area contributed by atoms with E-state index in [1.807, 2.05) is 0 Å². The summed E-state index contributed by atoms with van der Waals surface area (Å²) in [6.45, 7) is 0.262. The highest BCUT2D eigenvalue weighted by Gasteiger charge is 2.28. The standard InChI is InChI=1S/C16H23Cl2FN5O5P/c1-22-13(9-21-16(22)24(25)26)11-28-15-3-2-12(8-14(15)19)10-29-30(20,27)23(6-4-17)7-5-18/h2-3,8-9,14-15H,4-7,10-11H2,1H3,(H2,20,27). The quantitative estimate of drug-likeness (QED) is 0.207. The SMILES string of the molecule is Cn1c(COC2C=CC(COP(N)(=O)N(CCCl)CCCl)=CC2F)cnc1[N+](=O)[O-]. The lowest BCUT2D eigenvalue weighted by Gasteiger charge is -2.27. The molecule has 0 amide bonds. The van der Waals surface area contributed by atoms with Crippen molar-refractivity contribution < 1.29 is 23.1 Å². The lowest BCUT2D eigenvalue weighted by atomic mass is 10.0. The predicted molar refractivity (Wildman–Crippen MR) is 111 cm³/mol. The molecule has 0 saturated carbocycles. The molecule has 0 aliphatic heterocycles. The van der Waals surface area contributed by atoms with E-state index < -0.39 is 24.9 Å². The highest BCUT2D eigenvalue weighted by molar-refractivity contribution is 7.53. The Balaban J connectivity index is 1.90. The van der Waals surface area contributed by atoms with Gasteiger partial charge in [0.15, 0.2) is 0 Å². The fourth-order valence-electron chi connectivity index (χ4n) is 2.68. The summed E-state index contributed by atoms with van der Waals surface area (Å²) in [5.41, 5.74) is 6.66. The molecule has 168 valence electrons. The van der Waals surface area contributed by atoms with Gasteiger partial charge in [-0.2, -0.15) is 0 Å². The van der Waals surface area contributed by atoms with Gasteiger partial charge in [0.2, 0.25) is 0 Å². The van der Waals surface area contributed by atoms with Crippen molar-refractivity contribution in [3.63, 3.8) is 0 Å². The van der Waals surface area contributed by atoms with E-state index in [0.717, 1.165) is 0 Å². The second kappa shape index (κ2) is 11.3. The molecule has 1 aromatic rings. The molecule has 0 bridgehead atoms. The molecule has 0 aromatic carbocycles. The van der Waals surface area contributed by atoms with Crippen molar-refractivity contribution >= 4 is 36.8 Å². The predicted octanol–water partition coefficient (Wildman–Crippen LogP) is 2.91. The van der Waals surface area contributed by atoms with Crippen LogP contribution in [0.5, 0.6) is 0 Å². The van der Waals surface area contributed by atoms with E-state index in [1.165, 1.54) is 34.6 Å². The van der Waals surface area contributed by atoms with Crippen LogP contribution in [0.2, 0.25) is 0 Å². The second-order valence-corrected chi connectivity index (χ2v) is 9.06. The fraction of sp³-hybridized carbons (Fsp3) is 0.562. The highest BCUT2D eigenvalue weighted by atomic mass is 35.5. The Bertz CT molecular complexity index is 846. The molecule has 0 saturated heterocycles. The Morgan fingerprint density at radius 3 is 2.60 bits per heavy atom. The minimum absolute atomic E-state index is 0.0593. The van der Waals surface area contributed by atoms with E-state index in [0.29, 0.717) is 11.3 Å². The summed E-state index contributed by atoms with van der Waals surface area (Å²) in [6.07, 6.45) is 3.28. The number of aromatic nitrogens is 2. The van der Waals surface area contributed by atoms with Gasteiger partial charge in [-0.3, -0.25) is 4.57 Å². The number of imidazole rings is 1. The van der Waals surface area contributed by atoms with Crippen LogP contribution in [-0.4, -0.2) is 62.9 Å². The number of nitrogens with zero attached hydrogens (tertiary/aromatic N) is 4. The van der Waals surface area contributed by atoms with Crippen molar-refractivity contribution in [2.45, 2.75) is 18.9 Å². The highest BCUT2D eigenvalue weighted by Crippen LogP contribution is 2.42. The first-order valence-electron chi connectivity index (χ1n) is 8.89. The van der Waals surface area contributed by atoms with Crippen LogP contribution in [0.25, 0.3) is 0 Å². The molecule has 0 radical (unpaired) electrons. The van der Waals surface area contributed by atoms with E-state index in [-0.39, 0.29) is 44.0 Å². The molecule has 30 heavy (non-hydrogen) atoms. The summed E-state index contributed by atoms with van der Waals surface area (Å²) in [6, 6.07) is 0. The van der Waals surface area contributed by atoms with Crippen LogP contribution in [0.3, 0.4) is 0 Å². The first-order valence-corrected chi connectivity index (χ1v) is 11.6. The van der Waals surface area contributed by atoms with Gasteiger partial charge in [-0.25, -0.2) is 19.1 Å². The van der Waals surface area contributed by atoms with Gasteiger partial charge in [-0.1, -0.05) is 17.1 Å². The summed E-state index contributed by atoms with van der Waals surface area (Å²) in [5, 5.41) is 10.8. The summed E-state index contributed by atoms with van der Waals surface area (Å²) < 4.78 is 40.5. The Morgan fingerprint density at radius 1 is 1.40 bits per heavy atom. The topological polar surface area (TPSA) is 126 Å². The van der Waals surface area contributed by atoms with Gasteiger partial charge in [-0.15, -0.1) is 23.2 Å². The molecule has 3 unspecified atom stereocenters. The van der Waals surface area contributed by atoms with Crippen molar-refractivity contribution in [2.75, 3.05) is 31.5 Å². The maximum absolute atomic E-state index is 14.5. The number of hydrogen-bond acceptors (Lipinski definition) is 6. The minimum atomic E-state index is -3.63. The molecule has 2 N–H and O–H groups in total. The summed E-state index contributed by atoms with van der Waals surface area (Å²) >= 11 is 11.4. The Labute approximate surface area is 183 Å². The van der Waals surface area contributed by atoms with Crippen molar-refractivity contribution in [2.24, 2.45) is 12.6 Å². The fourth-order valence-corrected chi connectivity index (χ4v) is 4.58. The molecule has 1 aliphatic rings. The van der Waals surface area contributed by atoms with Gasteiger partial charge in [-0.05, 0) is 16.6 Å². The zero-order chi connectivity index (χ0) is 22.3. The van der Waals surface area contributed by atoms with Gasteiger partial charge in [0.05, 0.1) is 13.7 Å². The van der Waals surface area contributed by atoms with Gasteiger partial charge in [0.25, 0.3) is 0 Å². The summed E-state index contributed by atoms with van der Waals surface area (Å²) in [7, 11) is -2.15. The molecule has 10 nitrogen and oxygen atoms in total. The molecular formula is C16H23Cl2FN5O5P. The molecule has 1 heterocycles. The molecule has 1 aromatic heterocycles. The molecule has 3 atom stereocenters. The van der Waals surface area contributed by atoms with Gasteiger partial charge in [0.1, 0.15) is 30.8 Å². The zero-order valence-electron chi connectivity index (χ0n) is 16.2. The normalized spacial score (nSPS) is 20.9. The number of nitrogens with two attached hydrogens (primary N) is 1. The van der Waals surface area contributed by atoms with E-state index in [2.05, 4.69) is 4.98 Å². The smallest absolute Gasteiger partial charge is 0.390 e. The third kappa shape index (κ3) is 6.58. The molecular weight excluding hydrogens is 463 g/mol. The third-order valence-electron chi connectivity index (χ3n) is 4.33. The molecule has 0 spiro atoms. The number of halogens is 3. The first-order chi connectivity index (χ1) is 14.2. The van der Waals surface area contributed by atoms with Crippen LogP contribution >= 0.6 is 30.9 Å². The van der Waals surface area contributed by atoms with Crippen molar-refractivity contribution in [3.05, 3.63) is 45.8 Å². The monoisotopic (exact) mass is 485 g/mol. The molecule has 2 rings (SSSR count). The average molecular weight is 486 g/mol. The van der Waals surface area contributed by atoms with E-state index in [1.54, 1.807) is 6.08 Å². The Morgan fingerprint density at radius 2 is 2.07 bits per heavy atom. The minimum Gasteiger partial charge on any atom is -0.390 e. The van der Waals surface area contributed by atoms with E-state index in [4.69, 9.17) is 38.0 Å². The van der Waals surface area contributed by atoms with Gasteiger partial charge >= 0.3 is 13.6 Å². The van der Waals surface area contributed by atoms with Gasteiger partial charge in [0, 0.05) is 24.8 Å². The largest absolute Gasteiger partial charge is 0.434 e. The van der Waals surface area contributed by atoms with Crippen LogP contribution in [-0.2, 0) is 27.5 Å². The molecule has 0 fully saturated rings. The van der Waals surface area contributed by atoms with E-state index in [9.17, 15) is 19.1 Å². The third-order valence-corrected chi connectivity index (χ3v) is 6.36. The van der Waals surface area contributed by atoms with Crippen LogP contribution in [0.4, 0.5) is 10.3 Å². The maximum Gasteiger partial charge on any atom is 0.434 e. The number of ether oxygens (including phenoxy) is 1. The Hall–Kier alpha value is -1.33. The second-order valence-electron chi connectivity index (χ2n) is 6.36. The van der Waals surface area contributed by atoms with E-state index >= 15 is 0 Å². The first kappa shape index (κ1) is 24.9. The molecule has 1 aliphatic carbocycles. The van der Waals surface area contributed by atoms with Crippen molar-refractivity contribution in [1.82, 2.24) is 14.2 Å². The zero-order valence-corrected chi connectivity index (χ0v) is 18.6. The number of hydrogen-bond donors (Lipinski definition) is 1. The van der Waals surface area contributed by atoms with Gasteiger partial charge < -0.3 is 19.4 Å². The lowest BCUT2D eigenvalue weighted by molar-refractivity contribution is -0.396. The summed E-state index contributed by atoms with van der Waals surface area (Å²) in [5.74, 6) is 0.0812. The van der Waals surface area contributed by atoms with Crippen LogP contribution in [0.15, 0.2) is 30.0 Å². The number of nitro groups is 1. The Kier molecular flexibility index (Phi) is 9.42.